The number of benzene rings is 1. The molecule has 1 aromatic carbocycles. The van der Waals surface area contributed by atoms with Crippen LogP contribution < -0.4 is 10.1 Å². The first-order valence-electron chi connectivity index (χ1n) is 6.79. The summed E-state index contributed by atoms with van der Waals surface area (Å²) in [6, 6.07) is 10.4. The number of nitrogens with one attached hydrogen (secondary N) is 1. The van der Waals surface area contributed by atoms with E-state index in [1.165, 1.54) is 0 Å². The van der Waals surface area contributed by atoms with Crippen LogP contribution in [0.2, 0.25) is 0 Å². The molecule has 0 unspecified atom stereocenters. The van der Waals surface area contributed by atoms with Crippen LogP contribution in [-0.2, 0) is 13.2 Å². The zero-order valence-electron chi connectivity index (χ0n) is 11.9. The third kappa shape index (κ3) is 4.57. The van der Waals surface area contributed by atoms with Gasteiger partial charge in [-0.3, -0.25) is 4.98 Å². The molecule has 0 bridgehead atoms. The maximum absolute atomic E-state index is 10.8. The third-order valence-electron chi connectivity index (χ3n) is 2.96. The predicted octanol–water partition coefficient (Wildman–Crippen LogP) is 2.47. The Labute approximate surface area is 123 Å². The van der Waals surface area contributed by atoms with Gasteiger partial charge >= 0.3 is 5.97 Å². The number of hydrogen-bond donors (Lipinski definition) is 2. The molecular weight excluding hydrogens is 268 g/mol. The van der Waals surface area contributed by atoms with Gasteiger partial charge in [-0.25, -0.2) is 4.79 Å². The van der Waals surface area contributed by atoms with Gasteiger partial charge in [0.25, 0.3) is 0 Å². The van der Waals surface area contributed by atoms with E-state index in [0.717, 1.165) is 24.3 Å². The zero-order valence-corrected chi connectivity index (χ0v) is 11.9. The van der Waals surface area contributed by atoms with Gasteiger partial charge in [0.2, 0.25) is 0 Å². The van der Waals surface area contributed by atoms with Crippen LogP contribution in [-0.4, -0.2) is 22.6 Å². The summed E-state index contributed by atoms with van der Waals surface area (Å²) in [4.78, 5) is 15.1. The van der Waals surface area contributed by atoms with E-state index in [0.29, 0.717) is 12.4 Å². The van der Waals surface area contributed by atoms with Crippen LogP contribution in [0.5, 0.6) is 5.75 Å². The van der Waals surface area contributed by atoms with Crippen molar-refractivity contribution >= 4 is 5.97 Å². The lowest BCUT2D eigenvalue weighted by Gasteiger charge is -2.07. The molecule has 0 atom stereocenters. The van der Waals surface area contributed by atoms with Gasteiger partial charge in [0.15, 0.2) is 0 Å². The number of hydrogen-bond acceptors (Lipinski definition) is 4. The third-order valence-corrected chi connectivity index (χ3v) is 2.96. The summed E-state index contributed by atoms with van der Waals surface area (Å²) in [6.45, 7) is 4.08. The quantitative estimate of drug-likeness (QED) is 0.818. The maximum atomic E-state index is 10.8. The van der Waals surface area contributed by atoms with E-state index < -0.39 is 5.97 Å². The van der Waals surface area contributed by atoms with Crippen LogP contribution >= 0.6 is 0 Å². The highest BCUT2D eigenvalue weighted by Crippen LogP contribution is 2.12. The summed E-state index contributed by atoms with van der Waals surface area (Å²) in [5.41, 5.74) is 2.15. The number of ether oxygens (including phenoxy) is 1. The Morgan fingerprint density at radius 2 is 2.00 bits per heavy atom. The largest absolute Gasteiger partial charge is 0.487 e. The van der Waals surface area contributed by atoms with Gasteiger partial charge in [0.05, 0.1) is 17.5 Å². The fourth-order valence-electron chi connectivity index (χ4n) is 1.76. The minimum absolute atomic E-state index is 0.271. The molecule has 0 amide bonds. The number of nitrogens with zero attached hydrogens (tertiary/aromatic N) is 1. The molecule has 110 valence electrons. The van der Waals surface area contributed by atoms with Gasteiger partial charge < -0.3 is 15.2 Å². The molecular formula is C16H18N2O3. The first kappa shape index (κ1) is 15.0. The topological polar surface area (TPSA) is 71.5 Å². The van der Waals surface area contributed by atoms with E-state index >= 15 is 0 Å². The van der Waals surface area contributed by atoms with Crippen molar-refractivity contribution in [1.29, 1.82) is 0 Å². The number of carboxylic acids is 1. The first-order chi connectivity index (χ1) is 10.2. The van der Waals surface area contributed by atoms with Crippen molar-refractivity contribution < 1.29 is 14.6 Å². The van der Waals surface area contributed by atoms with Gasteiger partial charge in [0, 0.05) is 6.54 Å². The van der Waals surface area contributed by atoms with Gasteiger partial charge in [-0.15, -0.1) is 0 Å². The molecule has 2 rings (SSSR count). The van der Waals surface area contributed by atoms with Gasteiger partial charge in [-0.05, 0) is 36.4 Å². The molecule has 1 aromatic heterocycles. The predicted molar refractivity (Wildman–Crippen MR) is 79.4 cm³/mol. The lowest BCUT2D eigenvalue weighted by molar-refractivity contribution is 0.0697. The van der Waals surface area contributed by atoms with Crippen LogP contribution in [0, 0.1) is 0 Å². The summed E-state index contributed by atoms with van der Waals surface area (Å²) in [5.74, 6) is -0.236. The van der Waals surface area contributed by atoms with E-state index in [4.69, 9.17) is 9.84 Å². The van der Waals surface area contributed by atoms with Gasteiger partial charge in [-0.1, -0.05) is 19.1 Å². The van der Waals surface area contributed by atoms with Crippen LogP contribution in [0.15, 0.2) is 42.6 Å². The van der Waals surface area contributed by atoms with Crippen LogP contribution in [0.1, 0.15) is 28.5 Å². The summed E-state index contributed by atoms with van der Waals surface area (Å²) in [5, 5.41) is 12.0. The molecule has 0 aliphatic carbocycles. The average Bonchev–Trinajstić information content (AvgIpc) is 2.52. The number of pyridine rings is 1. The molecule has 0 radical (unpaired) electrons. The minimum Gasteiger partial charge on any atom is -0.487 e. The average molecular weight is 286 g/mol. The van der Waals surface area contributed by atoms with E-state index in [1.807, 2.05) is 19.1 Å². The Kier molecular flexibility index (Phi) is 5.29. The number of aromatic nitrogens is 1. The highest BCUT2D eigenvalue weighted by atomic mass is 16.5. The van der Waals surface area contributed by atoms with E-state index in [2.05, 4.69) is 10.3 Å². The Morgan fingerprint density at radius 1 is 1.24 bits per heavy atom. The summed E-state index contributed by atoms with van der Waals surface area (Å²) in [6.07, 6.45) is 1.69. The Bertz CT molecular complexity index is 579. The van der Waals surface area contributed by atoms with E-state index in [1.54, 1.807) is 30.5 Å². The number of aromatic carboxylic acids is 1. The Morgan fingerprint density at radius 3 is 2.57 bits per heavy atom. The van der Waals surface area contributed by atoms with Crippen molar-refractivity contribution in [2.75, 3.05) is 6.54 Å². The van der Waals surface area contributed by atoms with Crippen molar-refractivity contribution in [3.05, 3.63) is 59.4 Å². The smallest absolute Gasteiger partial charge is 0.335 e. The second kappa shape index (κ2) is 7.40. The van der Waals surface area contributed by atoms with Crippen molar-refractivity contribution in [2.45, 2.75) is 20.1 Å². The lowest BCUT2D eigenvalue weighted by atomic mass is 10.1. The number of carbonyl (C=O) groups is 1. The first-order valence-corrected chi connectivity index (χ1v) is 6.79. The standard InChI is InChI=1S/C16H18N2O3/c1-2-17-9-14-7-8-15(10-18-14)21-11-12-3-5-13(6-4-12)16(19)20/h3-8,10,17H,2,9,11H2,1H3,(H,19,20). The molecule has 0 fully saturated rings. The normalized spacial score (nSPS) is 10.3. The molecule has 0 spiro atoms. The SMILES string of the molecule is CCNCc1ccc(OCc2ccc(C(=O)O)cc2)cn1. The molecule has 0 saturated heterocycles. The van der Waals surface area contributed by atoms with Gasteiger partial charge in [0.1, 0.15) is 12.4 Å². The molecule has 21 heavy (non-hydrogen) atoms. The van der Waals surface area contributed by atoms with Crippen LogP contribution in [0.4, 0.5) is 0 Å². The van der Waals surface area contributed by atoms with Crippen molar-refractivity contribution in [3.8, 4) is 5.75 Å². The van der Waals surface area contributed by atoms with E-state index in [-0.39, 0.29) is 5.56 Å². The molecule has 0 aliphatic rings. The number of carboxylic acid groups (broad SMARTS) is 1. The Hall–Kier alpha value is -2.40. The van der Waals surface area contributed by atoms with Crippen LogP contribution in [0.3, 0.4) is 0 Å². The van der Waals surface area contributed by atoms with E-state index in [9.17, 15) is 4.79 Å². The van der Waals surface area contributed by atoms with Gasteiger partial charge in [-0.2, -0.15) is 0 Å². The highest BCUT2D eigenvalue weighted by Gasteiger charge is 2.02. The fourth-order valence-corrected chi connectivity index (χ4v) is 1.76. The molecule has 2 aromatic rings. The molecule has 5 nitrogen and oxygen atoms in total. The summed E-state index contributed by atoms with van der Waals surface area (Å²) in [7, 11) is 0. The maximum Gasteiger partial charge on any atom is 0.335 e. The molecule has 0 saturated carbocycles. The highest BCUT2D eigenvalue weighted by molar-refractivity contribution is 5.87. The summed E-state index contributed by atoms with van der Waals surface area (Å²) >= 11 is 0. The minimum atomic E-state index is -0.928. The fraction of sp³-hybridized carbons (Fsp3) is 0.250. The molecule has 2 N–H and O–H groups in total. The second-order valence-electron chi connectivity index (χ2n) is 4.56. The monoisotopic (exact) mass is 286 g/mol. The van der Waals surface area contributed by atoms with Crippen molar-refractivity contribution in [1.82, 2.24) is 10.3 Å². The van der Waals surface area contributed by atoms with Crippen molar-refractivity contribution in [3.63, 3.8) is 0 Å². The lowest BCUT2D eigenvalue weighted by Crippen LogP contribution is -2.12. The molecule has 5 heteroatoms. The Balaban J connectivity index is 1.88. The molecule has 0 aliphatic heterocycles. The second-order valence-corrected chi connectivity index (χ2v) is 4.56. The number of rotatable bonds is 7. The zero-order chi connectivity index (χ0) is 15.1. The van der Waals surface area contributed by atoms with Crippen LogP contribution in [0.25, 0.3) is 0 Å². The van der Waals surface area contributed by atoms with Crippen molar-refractivity contribution in [2.24, 2.45) is 0 Å². The summed E-state index contributed by atoms with van der Waals surface area (Å²) < 4.78 is 5.62. The molecule has 1 heterocycles.